The molecule has 0 unspecified atom stereocenters. The molecule has 0 aliphatic carbocycles. The van der Waals surface area contributed by atoms with Crippen LogP contribution in [0.5, 0.6) is 0 Å². The third kappa shape index (κ3) is 3.13. The third-order valence-corrected chi connectivity index (χ3v) is 6.55. The fourth-order valence-corrected chi connectivity index (χ4v) is 4.84. The molecule has 1 aromatic heterocycles. The largest absolute Gasteiger partial charge is 0.440 e. The van der Waals surface area contributed by atoms with Gasteiger partial charge in [-0.3, -0.25) is 0 Å². The zero-order valence-electron chi connectivity index (χ0n) is 13.6. The molecule has 1 saturated heterocycles. The van der Waals surface area contributed by atoms with Gasteiger partial charge in [-0.2, -0.15) is 17.0 Å². The summed E-state index contributed by atoms with van der Waals surface area (Å²) in [5, 5.41) is 0. The Morgan fingerprint density at radius 2 is 2.04 bits per heavy atom. The van der Waals surface area contributed by atoms with E-state index in [1.807, 2.05) is 38.1 Å². The van der Waals surface area contributed by atoms with Crippen LogP contribution in [0.1, 0.15) is 38.5 Å². The van der Waals surface area contributed by atoms with Crippen LogP contribution in [0.4, 0.5) is 0 Å². The van der Waals surface area contributed by atoms with Crippen LogP contribution in [0.25, 0.3) is 11.1 Å². The van der Waals surface area contributed by atoms with E-state index >= 15 is 0 Å². The summed E-state index contributed by atoms with van der Waals surface area (Å²) < 4.78 is 34.3. The highest BCUT2D eigenvalue weighted by Gasteiger charge is 2.34. The minimum absolute atomic E-state index is 0.0153. The lowest BCUT2D eigenvalue weighted by molar-refractivity contribution is 0.268. The lowest BCUT2D eigenvalue weighted by Crippen LogP contribution is -2.47. The molecule has 0 spiro atoms. The van der Waals surface area contributed by atoms with Gasteiger partial charge in [0.05, 0.1) is 0 Å². The molecule has 3 rings (SSSR count). The predicted molar refractivity (Wildman–Crippen MR) is 89.4 cm³/mol. The molecule has 0 bridgehead atoms. The van der Waals surface area contributed by atoms with E-state index in [0.29, 0.717) is 32.1 Å². The highest BCUT2D eigenvalue weighted by atomic mass is 32.2. The molecule has 0 N–H and O–H groups in total. The van der Waals surface area contributed by atoms with E-state index < -0.39 is 10.2 Å². The Bertz CT molecular complexity index is 735. The van der Waals surface area contributed by atoms with Crippen molar-refractivity contribution in [3.63, 3.8) is 0 Å². The van der Waals surface area contributed by atoms with Crippen LogP contribution >= 0.6 is 0 Å². The molecule has 126 valence electrons. The Kier molecular flexibility index (Phi) is 4.70. The van der Waals surface area contributed by atoms with Crippen molar-refractivity contribution in [2.24, 2.45) is 0 Å². The van der Waals surface area contributed by atoms with Gasteiger partial charge in [0.1, 0.15) is 5.52 Å². The van der Waals surface area contributed by atoms with E-state index in [1.54, 1.807) is 4.31 Å². The average Bonchev–Trinajstić information content (AvgIpc) is 3.00. The van der Waals surface area contributed by atoms with Gasteiger partial charge in [-0.05, 0) is 25.0 Å². The van der Waals surface area contributed by atoms with Crippen LogP contribution in [0, 0.1) is 0 Å². The molecule has 6 nitrogen and oxygen atoms in total. The van der Waals surface area contributed by atoms with Crippen LogP contribution < -0.4 is 0 Å². The second kappa shape index (κ2) is 6.59. The maximum absolute atomic E-state index is 12.7. The van der Waals surface area contributed by atoms with Crippen LogP contribution in [0.2, 0.25) is 0 Å². The summed E-state index contributed by atoms with van der Waals surface area (Å²) in [5.41, 5.74) is 1.58. The van der Waals surface area contributed by atoms with Crippen molar-refractivity contribution in [1.29, 1.82) is 0 Å². The number of fused-ring (bicyclic) bond motifs is 1. The number of aromatic nitrogens is 1. The van der Waals surface area contributed by atoms with Crippen LogP contribution in [-0.2, 0) is 10.2 Å². The van der Waals surface area contributed by atoms with E-state index in [4.69, 9.17) is 4.42 Å². The highest BCUT2D eigenvalue weighted by Crippen LogP contribution is 2.30. The molecule has 1 aliphatic rings. The number of benzene rings is 1. The zero-order valence-corrected chi connectivity index (χ0v) is 14.4. The van der Waals surface area contributed by atoms with Gasteiger partial charge in [-0.15, -0.1) is 0 Å². The summed E-state index contributed by atoms with van der Waals surface area (Å²) in [4.78, 5) is 4.54. The van der Waals surface area contributed by atoms with Crippen LogP contribution in [0.15, 0.2) is 28.7 Å². The summed E-state index contributed by atoms with van der Waals surface area (Å²) >= 11 is 0. The number of nitrogens with zero attached hydrogens (tertiary/aromatic N) is 3. The Labute approximate surface area is 137 Å². The van der Waals surface area contributed by atoms with Crippen molar-refractivity contribution in [2.75, 3.05) is 26.2 Å². The highest BCUT2D eigenvalue weighted by molar-refractivity contribution is 7.86. The first-order valence-corrected chi connectivity index (χ1v) is 9.56. The molecule has 7 heteroatoms. The normalized spacial score (nSPS) is 20.4. The zero-order chi connectivity index (χ0) is 16.4. The van der Waals surface area contributed by atoms with E-state index in [1.165, 1.54) is 4.31 Å². The van der Waals surface area contributed by atoms with Crippen molar-refractivity contribution in [3.05, 3.63) is 30.2 Å². The van der Waals surface area contributed by atoms with Gasteiger partial charge in [0.2, 0.25) is 0 Å². The van der Waals surface area contributed by atoms with Crippen molar-refractivity contribution in [2.45, 2.75) is 32.6 Å². The summed E-state index contributed by atoms with van der Waals surface area (Å²) in [6.45, 7) is 5.71. The van der Waals surface area contributed by atoms with E-state index in [9.17, 15) is 8.42 Å². The maximum Gasteiger partial charge on any atom is 0.281 e. The Balaban J connectivity index is 1.83. The molecule has 2 heterocycles. The lowest BCUT2D eigenvalue weighted by atomic mass is 10.00. The first-order valence-electron chi connectivity index (χ1n) is 8.17. The third-order valence-electron chi connectivity index (χ3n) is 4.40. The molecule has 0 radical (unpaired) electrons. The molecular formula is C16H23N3O3S. The summed E-state index contributed by atoms with van der Waals surface area (Å²) in [6.07, 6.45) is 1.72. The van der Waals surface area contributed by atoms with Gasteiger partial charge < -0.3 is 4.42 Å². The van der Waals surface area contributed by atoms with E-state index in [0.717, 1.165) is 23.9 Å². The van der Waals surface area contributed by atoms with E-state index in [-0.39, 0.29) is 5.92 Å². The van der Waals surface area contributed by atoms with Gasteiger partial charge in [-0.1, -0.05) is 26.0 Å². The predicted octanol–water partition coefficient (Wildman–Crippen LogP) is 2.59. The molecular weight excluding hydrogens is 314 g/mol. The Hall–Kier alpha value is -1.44. The molecule has 0 amide bonds. The first-order chi connectivity index (χ1) is 11.1. The number of para-hydroxylation sites is 2. The maximum atomic E-state index is 12.7. The molecule has 1 atom stereocenters. The molecule has 0 saturated carbocycles. The Morgan fingerprint density at radius 1 is 1.30 bits per heavy atom. The van der Waals surface area contributed by atoms with Gasteiger partial charge in [0.15, 0.2) is 11.5 Å². The quantitative estimate of drug-likeness (QED) is 0.841. The van der Waals surface area contributed by atoms with Gasteiger partial charge >= 0.3 is 0 Å². The molecule has 2 aromatic rings. The second-order valence-electron chi connectivity index (χ2n) is 5.81. The number of oxazole rings is 1. The second-order valence-corrected chi connectivity index (χ2v) is 7.74. The number of hydrogen-bond acceptors (Lipinski definition) is 4. The van der Waals surface area contributed by atoms with Crippen LogP contribution in [-0.4, -0.2) is 48.2 Å². The van der Waals surface area contributed by atoms with Crippen molar-refractivity contribution >= 4 is 21.3 Å². The first kappa shape index (κ1) is 16.4. The molecule has 1 fully saturated rings. The number of hydrogen-bond donors (Lipinski definition) is 0. The fraction of sp³-hybridized carbons (Fsp3) is 0.562. The van der Waals surface area contributed by atoms with Gasteiger partial charge in [-0.25, -0.2) is 4.98 Å². The van der Waals surface area contributed by atoms with Gasteiger partial charge in [0, 0.05) is 32.1 Å². The van der Waals surface area contributed by atoms with Gasteiger partial charge in [0.25, 0.3) is 10.2 Å². The minimum atomic E-state index is -3.40. The van der Waals surface area contributed by atoms with Crippen molar-refractivity contribution in [3.8, 4) is 0 Å². The monoisotopic (exact) mass is 337 g/mol. The molecule has 1 aliphatic heterocycles. The SMILES string of the molecule is CCN(CC)S(=O)(=O)N1CCC[C@H](c2nc3ccccc3o2)C1. The summed E-state index contributed by atoms with van der Waals surface area (Å²) in [5.74, 6) is 0.659. The summed E-state index contributed by atoms with van der Waals surface area (Å²) in [6, 6.07) is 7.64. The topological polar surface area (TPSA) is 66.7 Å². The number of rotatable bonds is 5. The minimum Gasteiger partial charge on any atom is -0.440 e. The smallest absolute Gasteiger partial charge is 0.281 e. The van der Waals surface area contributed by atoms with E-state index in [2.05, 4.69) is 4.98 Å². The van der Waals surface area contributed by atoms with Crippen molar-refractivity contribution in [1.82, 2.24) is 13.6 Å². The standard InChI is InChI=1S/C16H23N3O3S/c1-3-18(4-2)23(20,21)19-11-7-8-13(12-19)16-17-14-9-5-6-10-15(14)22-16/h5-6,9-10,13H,3-4,7-8,11-12H2,1-2H3/t13-/m0/s1. The molecule has 1 aromatic carbocycles. The average molecular weight is 337 g/mol. The van der Waals surface area contributed by atoms with Crippen LogP contribution in [0.3, 0.4) is 0 Å². The molecule has 23 heavy (non-hydrogen) atoms. The van der Waals surface area contributed by atoms with Crippen molar-refractivity contribution < 1.29 is 12.8 Å². The lowest BCUT2D eigenvalue weighted by Gasteiger charge is -2.33. The summed E-state index contributed by atoms with van der Waals surface area (Å²) in [7, 11) is -3.40. The fourth-order valence-electron chi connectivity index (χ4n) is 3.13. The Morgan fingerprint density at radius 3 is 2.74 bits per heavy atom. The number of piperidine rings is 1.